The molecule has 4 nitrogen and oxygen atoms in total. The van der Waals surface area contributed by atoms with Crippen molar-refractivity contribution in [2.75, 3.05) is 6.67 Å². The first-order valence-electron chi connectivity index (χ1n) is 7.80. The van der Waals surface area contributed by atoms with Crippen molar-refractivity contribution in [2.24, 2.45) is 0 Å². The zero-order chi connectivity index (χ0) is 17.4. The van der Waals surface area contributed by atoms with Gasteiger partial charge in [-0.1, -0.05) is 43.4 Å². The van der Waals surface area contributed by atoms with Crippen LogP contribution in [-0.2, 0) is 6.54 Å². The van der Waals surface area contributed by atoms with E-state index >= 15 is 0 Å². The van der Waals surface area contributed by atoms with Crippen LogP contribution in [0.3, 0.4) is 0 Å². The first kappa shape index (κ1) is 18.0. The summed E-state index contributed by atoms with van der Waals surface area (Å²) in [5, 5.41) is 15.5. The zero-order valence-electron chi connectivity index (χ0n) is 13.6. The summed E-state index contributed by atoms with van der Waals surface area (Å²) >= 11 is 0. The lowest BCUT2D eigenvalue weighted by molar-refractivity contribution is 0.0925. The van der Waals surface area contributed by atoms with Gasteiger partial charge in [-0.15, -0.1) is 0 Å². The lowest BCUT2D eigenvalue weighted by Gasteiger charge is -2.32. The second kappa shape index (κ2) is 8.49. The van der Waals surface area contributed by atoms with Crippen molar-refractivity contribution in [1.82, 2.24) is 14.8 Å². The summed E-state index contributed by atoms with van der Waals surface area (Å²) in [4.78, 5) is 3.88. The molecular formula is C18H21F2N3O. The van der Waals surface area contributed by atoms with Crippen LogP contribution in [-0.4, -0.2) is 32.1 Å². The Labute approximate surface area is 140 Å². The molecule has 0 fully saturated rings. The molecule has 1 unspecified atom stereocenters. The number of aliphatic hydroxyl groups is 1. The fourth-order valence-electron chi connectivity index (χ4n) is 2.61. The molecule has 0 amide bonds. The monoisotopic (exact) mass is 333 g/mol. The third-order valence-electron chi connectivity index (χ3n) is 3.72. The van der Waals surface area contributed by atoms with Crippen LogP contribution in [0, 0.1) is 0 Å². The molecule has 1 heterocycles. The van der Waals surface area contributed by atoms with Gasteiger partial charge in [0.25, 0.3) is 0 Å². The summed E-state index contributed by atoms with van der Waals surface area (Å²) in [6.45, 7) is 1.33. The van der Waals surface area contributed by atoms with E-state index in [1.165, 1.54) is 35.6 Å². The molecule has 2 rings (SSSR count). The molecule has 1 aliphatic rings. The van der Waals surface area contributed by atoms with Crippen LogP contribution in [0.5, 0.6) is 0 Å². The molecule has 0 saturated carbocycles. The van der Waals surface area contributed by atoms with Crippen molar-refractivity contribution in [1.29, 1.82) is 0 Å². The predicted octanol–water partition coefficient (Wildman–Crippen LogP) is 3.61. The van der Waals surface area contributed by atoms with Gasteiger partial charge in [0, 0.05) is 6.42 Å². The fraction of sp³-hybridized carbons (Fsp3) is 0.333. The topological polar surface area (TPSA) is 50.9 Å². The van der Waals surface area contributed by atoms with Gasteiger partial charge in [-0.05, 0) is 23.6 Å². The number of aromatic nitrogens is 3. The fourth-order valence-corrected chi connectivity index (χ4v) is 2.61. The minimum Gasteiger partial charge on any atom is -0.379 e. The average molecular weight is 333 g/mol. The van der Waals surface area contributed by atoms with E-state index in [2.05, 4.69) is 10.1 Å². The Morgan fingerprint density at radius 3 is 2.88 bits per heavy atom. The summed E-state index contributed by atoms with van der Waals surface area (Å²) in [5.74, 6) is -0.350. The van der Waals surface area contributed by atoms with Gasteiger partial charge in [0.05, 0.1) is 6.54 Å². The lowest BCUT2D eigenvalue weighted by Crippen LogP contribution is -2.38. The van der Waals surface area contributed by atoms with Crippen LogP contribution >= 0.6 is 0 Å². The SMILES string of the molecule is CC/C=C(\C=C/CF)C(O)(Cn1cncn1)C1=CC=CC=C(F)C1. The van der Waals surface area contributed by atoms with E-state index in [0.717, 1.165) is 0 Å². The molecule has 1 aliphatic carbocycles. The van der Waals surface area contributed by atoms with Gasteiger partial charge in [0.15, 0.2) is 0 Å². The Morgan fingerprint density at radius 1 is 1.42 bits per heavy atom. The number of hydrogen-bond acceptors (Lipinski definition) is 3. The number of allylic oxidation sites excluding steroid dienone is 7. The third kappa shape index (κ3) is 4.35. The maximum atomic E-state index is 13.9. The van der Waals surface area contributed by atoms with Crippen molar-refractivity contribution >= 4 is 0 Å². The van der Waals surface area contributed by atoms with Crippen LogP contribution in [0.1, 0.15) is 19.8 Å². The van der Waals surface area contributed by atoms with E-state index in [9.17, 15) is 13.9 Å². The number of alkyl halides is 1. The van der Waals surface area contributed by atoms with Gasteiger partial charge >= 0.3 is 0 Å². The largest absolute Gasteiger partial charge is 0.379 e. The summed E-state index contributed by atoms with van der Waals surface area (Å²) in [6.07, 6.45) is 14.4. The van der Waals surface area contributed by atoms with Crippen LogP contribution in [0.15, 0.2) is 72.2 Å². The maximum Gasteiger partial charge on any atom is 0.137 e. The van der Waals surface area contributed by atoms with E-state index in [0.29, 0.717) is 17.6 Å². The first-order chi connectivity index (χ1) is 11.6. The molecule has 0 spiro atoms. The first-order valence-corrected chi connectivity index (χ1v) is 7.80. The van der Waals surface area contributed by atoms with Gasteiger partial charge < -0.3 is 5.11 Å². The molecule has 6 heteroatoms. The van der Waals surface area contributed by atoms with Crippen molar-refractivity contribution in [3.8, 4) is 0 Å². The van der Waals surface area contributed by atoms with Gasteiger partial charge in [-0.3, -0.25) is 0 Å². The van der Waals surface area contributed by atoms with E-state index in [-0.39, 0.29) is 18.8 Å². The van der Waals surface area contributed by atoms with Crippen LogP contribution < -0.4 is 0 Å². The molecule has 128 valence electrons. The molecular weight excluding hydrogens is 312 g/mol. The summed E-state index contributed by atoms with van der Waals surface area (Å²) < 4.78 is 28.0. The van der Waals surface area contributed by atoms with E-state index in [1.54, 1.807) is 24.3 Å². The smallest absolute Gasteiger partial charge is 0.137 e. The highest BCUT2D eigenvalue weighted by Gasteiger charge is 2.36. The number of nitrogens with zero attached hydrogens (tertiary/aromatic N) is 3. The molecule has 24 heavy (non-hydrogen) atoms. The van der Waals surface area contributed by atoms with Crippen LogP contribution in [0.2, 0.25) is 0 Å². The molecule has 0 saturated heterocycles. The normalized spacial score (nSPS) is 18.2. The summed E-state index contributed by atoms with van der Waals surface area (Å²) in [7, 11) is 0. The molecule has 1 N–H and O–H groups in total. The number of halogens is 2. The van der Waals surface area contributed by atoms with Gasteiger partial charge in [0.2, 0.25) is 0 Å². The van der Waals surface area contributed by atoms with Crippen molar-refractivity contribution < 1.29 is 13.9 Å². The molecule has 0 radical (unpaired) electrons. The van der Waals surface area contributed by atoms with E-state index < -0.39 is 12.3 Å². The van der Waals surface area contributed by atoms with E-state index in [1.807, 2.05) is 6.92 Å². The van der Waals surface area contributed by atoms with Crippen molar-refractivity contribution in [3.63, 3.8) is 0 Å². The quantitative estimate of drug-likeness (QED) is 0.776. The van der Waals surface area contributed by atoms with Gasteiger partial charge in [-0.25, -0.2) is 18.4 Å². The second-order valence-corrected chi connectivity index (χ2v) is 5.44. The Bertz CT molecular complexity index is 687. The molecule has 1 atom stereocenters. The third-order valence-corrected chi connectivity index (χ3v) is 3.72. The van der Waals surface area contributed by atoms with Crippen molar-refractivity contribution in [3.05, 3.63) is 72.2 Å². The molecule has 1 aromatic heterocycles. The van der Waals surface area contributed by atoms with Gasteiger partial charge in [0.1, 0.15) is 30.8 Å². The van der Waals surface area contributed by atoms with Crippen LogP contribution in [0.4, 0.5) is 8.78 Å². The summed E-state index contributed by atoms with van der Waals surface area (Å²) in [6, 6.07) is 0. The zero-order valence-corrected chi connectivity index (χ0v) is 13.6. The summed E-state index contributed by atoms with van der Waals surface area (Å²) in [5.41, 5.74) is -0.536. The van der Waals surface area contributed by atoms with Gasteiger partial charge in [-0.2, -0.15) is 5.10 Å². The predicted molar refractivity (Wildman–Crippen MR) is 89.5 cm³/mol. The molecule has 0 aliphatic heterocycles. The average Bonchev–Trinajstić information content (AvgIpc) is 2.96. The highest BCUT2D eigenvalue weighted by Crippen LogP contribution is 2.34. The van der Waals surface area contributed by atoms with Crippen LogP contribution in [0.25, 0.3) is 0 Å². The highest BCUT2D eigenvalue weighted by atomic mass is 19.1. The maximum absolute atomic E-state index is 13.9. The highest BCUT2D eigenvalue weighted by molar-refractivity contribution is 5.43. The molecule has 0 bridgehead atoms. The number of hydrogen-bond donors (Lipinski definition) is 1. The Morgan fingerprint density at radius 2 is 2.21 bits per heavy atom. The van der Waals surface area contributed by atoms with Crippen molar-refractivity contribution in [2.45, 2.75) is 31.9 Å². The number of rotatable bonds is 7. The molecule has 1 aromatic rings. The Kier molecular flexibility index (Phi) is 6.37. The second-order valence-electron chi connectivity index (χ2n) is 5.44. The molecule has 0 aromatic carbocycles. The Balaban J connectivity index is 2.49. The van der Waals surface area contributed by atoms with E-state index in [4.69, 9.17) is 0 Å². The minimum atomic E-state index is -1.52. The standard InChI is InChI=1S/C18H21F2N3O/c1-2-6-15(8-5-10-19)18(24,12-23-14-21-13-22-23)16-7-3-4-9-17(20)11-16/h3-9,13-14,24H,2,10-12H2,1H3/b8-5-,15-6+. The lowest BCUT2D eigenvalue weighted by atomic mass is 9.82. The Hall–Kier alpha value is -2.34. The minimum absolute atomic E-state index is 0.0251.